The van der Waals surface area contributed by atoms with Gasteiger partial charge in [0.05, 0.1) is 18.7 Å². The van der Waals surface area contributed by atoms with Crippen LogP contribution < -0.4 is 10.1 Å². The average molecular weight is 364 g/mol. The lowest BCUT2D eigenvalue weighted by Crippen LogP contribution is -2.26. The average Bonchev–Trinajstić information content (AvgIpc) is 3.33. The maximum absolute atomic E-state index is 5.66. The molecule has 0 spiro atoms. The first kappa shape index (κ1) is 17.5. The summed E-state index contributed by atoms with van der Waals surface area (Å²) in [5.41, 5.74) is 2.02. The summed E-state index contributed by atoms with van der Waals surface area (Å²) in [6.07, 6.45) is 1.10. The number of para-hydroxylation sites is 2. The highest BCUT2D eigenvalue weighted by Crippen LogP contribution is 2.28. The molecule has 1 N–H and O–H groups in total. The van der Waals surface area contributed by atoms with Crippen molar-refractivity contribution in [2.24, 2.45) is 0 Å². The van der Waals surface area contributed by atoms with E-state index >= 15 is 0 Å². The van der Waals surface area contributed by atoms with Crippen molar-refractivity contribution in [1.29, 1.82) is 0 Å². The normalized spacial score (nSPS) is 17.1. The van der Waals surface area contributed by atoms with Crippen LogP contribution in [0.25, 0.3) is 11.4 Å². The van der Waals surface area contributed by atoms with Gasteiger partial charge in [-0.25, -0.2) is 0 Å². The molecule has 0 saturated carbocycles. The van der Waals surface area contributed by atoms with E-state index in [1.807, 2.05) is 37.3 Å². The molecule has 1 aliphatic heterocycles. The molecule has 0 aliphatic carbocycles. The van der Waals surface area contributed by atoms with Gasteiger partial charge in [0, 0.05) is 24.8 Å². The predicted octanol–water partition coefficient (Wildman–Crippen LogP) is 3.82. The van der Waals surface area contributed by atoms with E-state index < -0.39 is 0 Å². The summed E-state index contributed by atoms with van der Waals surface area (Å²) in [5, 5.41) is 7.73. The third-order valence-electron chi connectivity index (χ3n) is 4.67. The molecule has 1 saturated heterocycles. The van der Waals surface area contributed by atoms with Crippen molar-refractivity contribution in [3.8, 4) is 17.1 Å². The van der Waals surface area contributed by atoms with Gasteiger partial charge >= 0.3 is 0 Å². The first-order valence-electron chi connectivity index (χ1n) is 9.40. The topological polar surface area (TPSA) is 63.4 Å². The van der Waals surface area contributed by atoms with Gasteiger partial charge in [-0.2, -0.15) is 4.98 Å². The lowest BCUT2D eigenvalue weighted by Gasteiger charge is -2.15. The second-order valence-corrected chi connectivity index (χ2v) is 6.67. The molecule has 27 heavy (non-hydrogen) atoms. The quantitative estimate of drug-likeness (QED) is 0.688. The highest BCUT2D eigenvalue weighted by molar-refractivity contribution is 5.63. The summed E-state index contributed by atoms with van der Waals surface area (Å²) < 4.78 is 11.2. The molecule has 3 aromatic rings. The molecule has 6 nitrogen and oxygen atoms in total. The van der Waals surface area contributed by atoms with Gasteiger partial charge in [-0.1, -0.05) is 35.5 Å². The molecular formula is C21H24N4O2. The number of benzene rings is 2. The van der Waals surface area contributed by atoms with E-state index in [-0.39, 0.29) is 0 Å². The zero-order valence-electron chi connectivity index (χ0n) is 15.5. The third-order valence-corrected chi connectivity index (χ3v) is 4.67. The highest BCUT2D eigenvalue weighted by atomic mass is 16.5. The number of nitrogens with zero attached hydrogens (tertiary/aromatic N) is 3. The van der Waals surface area contributed by atoms with Gasteiger partial charge in [0.1, 0.15) is 5.75 Å². The Morgan fingerprint density at radius 3 is 2.81 bits per heavy atom. The minimum Gasteiger partial charge on any atom is -0.493 e. The zero-order valence-corrected chi connectivity index (χ0v) is 15.5. The van der Waals surface area contributed by atoms with Gasteiger partial charge in [0.15, 0.2) is 0 Å². The molecule has 0 amide bonds. The molecule has 6 heteroatoms. The molecule has 1 atom stereocenters. The molecule has 0 radical (unpaired) electrons. The molecule has 2 heterocycles. The van der Waals surface area contributed by atoms with Crippen molar-refractivity contribution >= 4 is 5.69 Å². The molecule has 1 aliphatic rings. The number of rotatable bonds is 7. The van der Waals surface area contributed by atoms with Gasteiger partial charge in [0.25, 0.3) is 0 Å². The lowest BCUT2D eigenvalue weighted by atomic mass is 10.2. The highest BCUT2D eigenvalue weighted by Gasteiger charge is 2.24. The first-order chi connectivity index (χ1) is 13.3. The maximum atomic E-state index is 5.66. The number of likely N-dealkylation sites (tertiary alicyclic amines) is 1. The Kier molecular flexibility index (Phi) is 5.34. The summed E-state index contributed by atoms with van der Waals surface area (Å²) in [6, 6.07) is 18.5. The second kappa shape index (κ2) is 8.22. The van der Waals surface area contributed by atoms with Gasteiger partial charge in [-0.3, -0.25) is 4.90 Å². The molecule has 0 bridgehead atoms. The third kappa shape index (κ3) is 4.28. The van der Waals surface area contributed by atoms with E-state index in [0.29, 0.717) is 30.9 Å². The number of anilines is 1. The SMILES string of the molecule is CCOc1ccccc1-c1noc(CN2CCC(Nc3ccccc3)C2)n1. The van der Waals surface area contributed by atoms with Crippen LogP contribution in [0.5, 0.6) is 5.75 Å². The Morgan fingerprint density at radius 2 is 1.96 bits per heavy atom. The first-order valence-corrected chi connectivity index (χ1v) is 9.40. The molecule has 1 unspecified atom stereocenters. The fourth-order valence-electron chi connectivity index (χ4n) is 3.42. The van der Waals surface area contributed by atoms with Gasteiger partial charge in [0.2, 0.25) is 11.7 Å². The predicted molar refractivity (Wildman–Crippen MR) is 105 cm³/mol. The summed E-state index contributed by atoms with van der Waals surface area (Å²) >= 11 is 0. The Balaban J connectivity index is 1.38. The monoisotopic (exact) mass is 364 g/mol. The van der Waals surface area contributed by atoms with Gasteiger partial charge < -0.3 is 14.6 Å². The summed E-state index contributed by atoms with van der Waals surface area (Å²) in [7, 11) is 0. The van der Waals surface area contributed by atoms with E-state index in [9.17, 15) is 0 Å². The van der Waals surface area contributed by atoms with Crippen molar-refractivity contribution in [2.75, 3.05) is 25.0 Å². The van der Waals surface area contributed by atoms with Crippen molar-refractivity contribution in [3.05, 3.63) is 60.5 Å². The van der Waals surface area contributed by atoms with Crippen molar-refractivity contribution in [1.82, 2.24) is 15.0 Å². The number of ether oxygens (including phenoxy) is 1. The number of hydrogen-bond donors (Lipinski definition) is 1. The maximum Gasteiger partial charge on any atom is 0.241 e. The van der Waals surface area contributed by atoms with E-state index in [1.165, 1.54) is 0 Å². The van der Waals surface area contributed by atoms with Crippen LogP contribution in [0.15, 0.2) is 59.1 Å². The Morgan fingerprint density at radius 1 is 1.15 bits per heavy atom. The van der Waals surface area contributed by atoms with Crippen LogP contribution in [0.2, 0.25) is 0 Å². The molecule has 1 aromatic heterocycles. The smallest absolute Gasteiger partial charge is 0.241 e. The van der Waals surface area contributed by atoms with Gasteiger partial charge in [-0.05, 0) is 37.6 Å². The molecule has 140 valence electrons. The van der Waals surface area contributed by atoms with Crippen molar-refractivity contribution < 1.29 is 9.26 Å². The fraction of sp³-hybridized carbons (Fsp3) is 0.333. The minimum absolute atomic E-state index is 0.438. The summed E-state index contributed by atoms with van der Waals surface area (Å²) in [5.74, 6) is 1.99. The zero-order chi connectivity index (χ0) is 18.5. The molecular weight excluding hydrogens is 340 g/mol. The second-order valence-electron chi connectivity index (χ2n) is 6.67. The van der Waals surface area contributed by atoms with Crippen LogP contribution >= 0.6 is 0 Å². The largest absolute Gasteiger partial charge is 0.493 e. The van der Waals surface area contributed by atoms with Crippen LogP contribution in [0.4, 0.5) is 5.69 Å². The minimum atomic E-state index is 0.438. The van der Waals surface area contributed by atoms with Gasteiger partial charge in [-0.15, -0.1) is 0 Å². The van der Waals surface area contributed by atoms with E-state index in [1.54, 1.807) is 0 Å². The van der Waals surface area contributed by atoms with E-state index in [4.69, 9.17) is 9.26 Å². The Labute approximate surface area is 159 Å². The van der Waals surface area contributed by atoms with Crippen LogP contribution in [0.1, 0.15) is 19.2 Å². The van der Waals surface area contributed by atoms with Crippen LogP contribution in [-0.4, -0.2) is 40.8 Å². The van der Waals surface area contributed by atoms with Crippen molar-refractivity contribution in [2.45, 2.75) is 25.9 Å². The fourth-order valence-corrected chi connectivity index (χ4v) is 3.42. The number of aromatic nitrogens is 2. The standard InChI is InChI=1S/C21H24N4O2/c1-2-26-19-11-7-6-10-18(19)21-23-20(27-24-21)15-25-13-12-17(14-25)22-16-8-4-3-5-9-16/h3-11,17,22H,2,12-15H2,1H3. The molecule has 1 fully saturated rings. The lowest BCUT2D eigenvalue weighted by molar-refractivity contribution is 0.266. The summed E-state index contributed by atoms with van der Waals surface area (Å²) in [4.78, 5) is 6.92. The van der Waals surface area contributed by atoms with E-state index in [2.05, 4.69) is 44.6 Å². The molecule has 2 aromatic carbocycles. The number of hydrogen-bond acceptors (Lipinski definition) is 6. The summed E-state index contributed by atoms with van der Waals surface area (Å²) in [6.45, 7) is 5.20. The Hall–Kier alpha value is -2.86. The van der Waals surface area contributed by atoms with Crippen molar-refractivity contribution in [3.63, 3.8) is 0 Å². The molecule has 4 rings (SSSR count). The number of nitrogens with one attached hydrogen (secondary N) is 1. The van der Waals surface area contributed by atoms with Crippen LogP contribution in [0.3, 0.4) is 0 Å². The van der Waals surface area contributed by atoms with Crippen LogP contribution in [-0.2, 0) is 6.54 Å². The Bertz CT molecular complexity index is 865. The van der Waals surface area contributed by atoms with E-state index in [0.717, 1.165) is 36.5 Å². The van der Waals surface area contributed by atoms with Crippen LogP contribution in [0, 0.1) is 0 Å².